The van der Waals surface area contributed by atoms with E-state index in [1.165, 1.54) is 4.57 Å². The molecule has 2 aromatic heterocycles. The quantitative estimate of drug-likeness (QED) is 0.285. The highest BCUT2D eigenvalue weighted by molar-refractivity contribution is 8.00. The summed E-state index contributed by atoms with van der Waals surface area (Å²) in [4.78, 5) is 35.8. The first-order chi connectivity index (χ1) is 15.9. The van der Waals surface area contributed by atoms with Crippen LogP contribution in [-0.4, -0.2) is 61.2 Å². The molecule has 2 aliphatic heterocycles. The number of thioether (sulfide) groups is 1. The molecular weight excluding hydrogens is 491 g/mol. The second kappa shape index (κ2) is 9.06. The number of nitrogens with zero attached hydrogens (tertiary/aromatic N) is 3. The Labute approximate surface area is 196 Å². The van der Waals surface area contributed by atoms with Gasteiger partial charge in [-0.05, 0) is 12.1 Å². The average Bonchev–Trinajstić information content (AvgIpc) is 3.30. The molecule has 15 heteroatoms. The number of anilines is 2. The van der Waals surface area contributed by atoms with Crippen molar-refractivity contribution in [2.24, 2.45) is 0 Å². The number of nitrogens with two attached hydrogens (primary N) is 1. The van der Waals surface area contributed by atoms with E-state index in [1.807, 2.05) is 18.2 Å². The van der Waals surface area contributed by atoms with E-state index >= 15 is 0 Å². The number of aromatic nitrogens is 4. The molecule has 0 bridgehead atoms. The zero-order valence-corrected chi connectivity index (χ0v) is 19.3. The second-order valence-corrected chi connectivity index (χ2v) is 9.99. The van der Waals surface area contributed by atoms with Crippen LogP contribution in [0.5, 0.6) is 0 Å². The number of nitrogens with one attached hydrogen (secondary N) is 2. The number of carbonyl (C=O) groups excluding carboxylic acids is 1. The lowest BCUT2D eigenvalue weighted by Gasteiger charge is -2.19. The van der Waals surface area contributed by atoms with Crippen molar-refractivity contribution in [3.63, 3.8) is 0 Å². The first-order valence-electron chi connectivity index (χ1n) is 9.76. The summed E-state index contributed by atoms with van der Waals surface area (Å²) in [6, 6.07) is 9.00. The Balaban J connectivity index is 1.46. The standard InChI is InChI=1S/C18H17N6O6PS2/c19-17-22-14-11(15(27)23-17)21-18(33-7-10(25)20-8-4-2-1-3-5-8)24(14)16-12(26)13-9(29-16)6-28-31(32)30-13/h1-5,9,12-13,16,26H,6-7H2,(H3-,19,20,22,23,25,27)/p+1/t9?,12?,13-,16-/m1/s1. The minimum absolute atomic E-state index is 0.00327. The van der Waals surface area contributed by atoms with Crippen molar-refractivity contribution in [1.29, 1.82) is 0 Å². The number of aliphatic hydroxyl groups is 1. The van der Waals surface area contributed by atoms with Crippen molar-refractivity contribution in [2.75, 3.05) is 23.4 Å². The second-order valence-electron chi connectivity index (χ2n) is 7.24. The van der Waals surface area contributed by atoms with Crippen molar-refractivity contribution in [3.8, 4) is 0 Å². The van der Waals surface area contributed by atoms with E-state index in [2.05, 4.69) is 20.3 Å². The lowest BCUT2D eigenvalue weighted by atomic mass is 10.1. The topological polar surface area (TPSA) is 167 Å². The number of imidazole rings is 1. The number of aliphatic hydroxyl groups excluding tert-OH is 1. The fourth-order valence-electron chi connectivity index (χ4n) is 3.62. The molecule has 1 aromatic carbocycles. The molecule has 1 amide bonds. The third kappa shape index (κ3) is 4.38. The van der Waals surface area contributed by atoms with Gasteiger partial charge in [0.15, 0.2) is 28.7 Å². The van der Waals surface area contributed by atoms with Gasteiger partial charge >= 0.3 is 7.15 Å². The number of H-pyrrole nitrogens is 1. The largest absolute Gasteiger partial charge is 0.522 e. The Morgan fingerprint density at radius 2 is 2.18 bits per heavy atom. The number of para-hydroxylation sites is 1. The molecule has 4 heterocycles. The highest BCUT2D eigenvalue weighted by atomic mass is 32.4. The van der Waals surface area contributed by atoms with Gasteiger partial charge in [-0.2, -0.15) is 4.98 Å². The average molecular weight is 509 g/mol. The Morgan fingerprint density at radius 3 is 2.97 bits per heavy atom. The number of hydrogen-bond donors (Lipinski definition) is 4. The summed E-state index contributed by atoms with van der Waals surface area (Å²) in [6.07, 6.45) is -3.41. The monoisotopic (exact) mass is 509 g/mol. The third-order valence-electron chi connectivity index (χ3n) is 5.04. The van der Waals surface area contributed by atoms with Gasteiger partial charge in [-0.3, -0.25) is 19.1 Å². The van der Waals surface area contributed by atoms with Gasteiger partial charge < -0.3 is 20.9 Å². The molecule has 0 aliphatic carbocycles. The summed E-state index contributed by atoms with van der Waals surface area (Å²) < 4.78 is 18.4. The number of benzene rings is 1. The van der Waals surface area contributed by atoms with Gasteiger partial charge in [0.1, 0.15) is 18.8 Å². The summed E-state index contributed by atoms with van der Waals surface area (Å²) in [5.74, 6) is -0.412. The Morgan fingerprint density at radius 1 is 1.39 bits per heavy atom. The molecule has 2 aliphatic rings. The van der Waals surface area contributed by atoms with E-state index in [4.69, 9.17) is 31.3 Å². The number of rotatable bonds is 5. The van der Waals surface area contributed by atoms with Crippen molar-refractivity contribution < 1.29 is 23.7 Å². The van der Waals surface area contributed by atoms with Gasteiger partial charge in [0, 0.05) is 5.69 Å². The smallest absolute Gasteiger partial charge is 0.385 e. The van der Waals surface area contributed by atoms with Gasteiger partial charge in [-0.15, -0.1) is 9.05 Å². The Kier molecular flexibility index (Phi) is 6.14. The van der Waals surface area contributed by atoms with Crippen LogP contribution in [0.1, 0.15) is 6.23 Å². The molecular formula is C18H18N6O6PS2+. The fraction of sp³-hybridized carbons (Fsp3) is 0.333. The maximum atomic E-state index is 12.5. The van der Waals surface area contributed by atoms with Crippen LogP contribution >= 0.6 is 18.9 Å². The van der Waals surface area contributed by atoms with Crippen LogP contribution in [0.4, 0.5) is 11.6 Å². The number of nitrogen functional groups attached to an aromatic ring is 1. The summed E-state index contributed by atoms with van der Waals surface area (Å²) >= 11 is 6.14. The number of amides is 1. The van der Waals surface area contributed by atoms with Crippen LogP contribution in [-0.2, 0) is 30.4 Å². The molecule has 5 N–H and O–H groups in total. The van der Waals surface area contributed by atoms with Crippen LogP contribution in [0, 0.1) is 0 Å². The van der Waals surface area contributed by atoms with E-state index < -0.39 is 37.2 Å². The maximum Gasteiger partial charge on any atom is 0.522 e. The van der Waals surface area contributed by atoms with Crippen LogP contribution in [0.25, 0.3) is 11.2 Å². The Bertz CT molecular complexity index is 1290. The highest BCUT2D eigenvalue weighted by Crippen LogP contribution is 2.44. The molecule has 2 fully saturated rings. The van der Waals surface area contributed by atoms with Crippen molar-refractivity contribution in [3.05, 3.63) is 40.7 Å². The summed E-state index contributed by atoms with van der Waals surface area (Å²) in [6.45, 7) is 0.165. The molecule has 3 aromatic rings. The highest BCUT2D eigenvalue weighted by Gasteiger charge is 2.54. The number of carbonyl (C=O) groups is 1. The predicted molar refractivity (Wildman–Crippen MR) is 123 cm³/mol. The van der Waals surface area contributed by atoms with E-state index in [0.717, 1.165) is 11.8 Å². The van der Waals surface area contributed by atoms with E-state index in [0.29, 0.717) is 5.69 Å². The van der Waals surface area contributed by atoms with Gasteiger partial charge in [0.05, 0.1) is 5.75 Å². The minimum Gasteiger partial charge on any atom is -0.385 e. The van der Waals surface area contributed by atoms with Crippen LogP contribution in [0.2, 0.25) is 0 Å². The summed E-state index contributed by atoms with van der Waals surface area (Å²) in [7, 11) is -1.55. The van der Waals surface area contributed by atoms with Crippen LogP contribution in [0.3, 0.4) is 0 Å². The zero-order valence-electron chi connectivity index (χ0n) is 16.8. The molecule has 5 rings (SSSR count). The molecule has 0 spiro atoms. The zero-order chi connectivity index (χ0) is 23.1. The van der Waals surface area contributed by atoms with Gasteiger partial charge in [0.2, 0.25) is 23.7 Å². The lowest BCUT2D eigenvalue weighted by molar-refractivity contribution is -0.113. The van der Waals surface area contributed by atoms with E-state index in [1.54, 1.807) is 12.1 Å². The molecule has 5 atom stereocenters. The molecule has 33 heavy (non-hydrogen) atoms. The normalized spacial score (nSPS) is 25.8. The third-order valence-corrected chi connectivity index (χ3v) is 7.34. The van der Waals surface area contributed by atoms with Crippen LogP contribution < -0.4 is 16.6 Å². The minimum atomic E-state index is -1.55. The first kappa shape index (κ1) is 22.3. The van der Waals surface area contributed by atoms with E-state index in [-0.39, 0.29) is 40.5 Å². The Hall–Kier alpha value is -2.45. The van der Waals surface area contributed by atoms with Crippen molar-refractivity contribution in [2.45, 2.75) is 29.7 Å². The maximum absolute atomic E-state index is 12.5. The summed E-state index contributed by atoms with van der Waals surface area (Å²) in [5.41, 5.74) is 5.96. The predicted octanol–water partition coefficient (Wildman–Crippen LogP) is 0.880. The van der Waals surface area contributed by atoms with Crippen molar-refractivity contribution in [1.82, 2.24) is 19.5 Å². The molecule has 2 saturated heterocycles. The molecule has 3 unspecified atom stereocenters. The molecule has 172 valence electrons. The summed E-state index contributed by atoms with van der Waals surface area (Å²) in [5, 5.41) is 14.0. The van der Waals surface area contributed by atoms with Gasteiger partial charge in [-0.1, -0.05) is 30.0 Å². The van der Waals surface area contributed by atoms with Gasteiger partial charge in [-0.25, -0.2) is 4.98 Å². The molecule has 0 saturated carbocycles. The first-order valence-corrected chi connectivity index (χ1v) is 12.9. The fourth-order valence-corrected chi connectivity index (χ4v) is 5.71. The number of ether oxygens (including phenoxy) is 1. The molecule has 0 radical (unpaired) electrons. The van der Waals surface area contributed by atoms with Crippen molar-refractivity contribution >= 4 is 59.4 Å². The number of aromatic amines is 1. The number of hydrogen-bond acceptors (Lipinski definition) is 11. The molecule has 12 nitrogen and oxygen atoms in total. The number of fused-ring (bicyclic) bond motifs is 2. The SMILES string of the molecule is Nc1nc2c(nc(SCC(=O)Nc3ccccc3)n2[C@@H]2OC3CO[P+](=S)O[C@H]3C2O)c(=O)[nH]1. The van der Waals surface area contributed by atoms with Gasteiger partial charge in [0.25, 0.3) is 5.56 Å². The van der Waals surface area contributed by atoms with E-state index in [9.17, 15) is 14.7 Å². The van der Waals surface area contributed by atoms with Crippen LogP contribution in [0.15, 0.2) is 40.3 Å². The lowest BCUT2D eigenvalue weighted by Crippen LogP contribution is -2.37.